The normalized spacial score (nSPS) is 13.9. The van der Waals surface area contributed by atoms with Crippen LogP contribution in [0.15, 0.2) is 30.5 Å². The molecule has 0 saturated carbocycles. The summed E-state index contributed by atoms with van der Waals surface area (Å²) in [5.74, 6) is 0.122. The van der Waals surface area contributed by atoms with Crippen LogP contribution in [0.2, 0.25) is 0 Å². The van der Waals surface area contributed by atoms with E-state index in [2.05, 4.69) is 10.3 Å². The molecule has 98 valence electrons. The molecule has 1 aliphatic heterocycles. The molecule has 2 aromatic rings. The molecule has 0 saturated heterocycles. The van der Waals surface area contributed by atoms with E-state index in [1.807, 2.05) is 4.57 Å². The van der Waals surface area contributed by atoms with Gasteiger partial charge in [-0.3, -0.25) is 4.79 Å². The lowest BCUT2D eigenvalue weighted by Gasteiger charge is -2.11. The predicted molar refractivity (Wildman–Crippen MR) is 69.5 cm³/mol. The molecule has 4 nitrogen and oxygen atoms in total. The minimum Gasteiger partial charge on any atom is -0.334 e. The van der Waals surface area contributed by atoms with Crippen molar-refractivity contribution in [1.82, 2.24) is 9.55 Å². The third-order valence-corrected chi connectivity index (χ3v) is 3.26. The average Bonchev–Trinajstić information content (AvgIpc) is 2.85. The van der Waals surface area contributed by atoms with Crippen LogP contribution in [-0.2, 0) is 13.0 Å². The molecule has 1 N–H and O–H groups in total. The fraction of sp³-hybridized carbons (Fsp3) is 0.286. The smallest absolute Gasteiger partial charge is 0.275 e. The van der Waals surface area contributed by atoms with Crippen molar-refractivity contribution in [3.05, 3.63) is 47.8 Å². The van der Waals surface area contributed by atoms with Crippen LogP contribution in [0.3, 0.4) is 0 Å². The van der Waals surface area contributed by atoms with Crippen molar-refractivity contribution in [2.24, 2.45) is 0 Å². The first-order valence-electron chi connectivity index (χ1n) is 6.36. The third-order valence-electron chi connectivity index (χ3n) is 3.26. The molecule has 0 atom stereocenters. The summed E-state index contributed by atoms with van der Waals surface area (Å²) in [6.45, 7) is 0.898. The molecule has 0 bridgehead atoms. The highest BCUT2D eigenvalue weighted by Gasteiger charge is 2.17. The van der Waals surface area contributed by atoms with Gasteiger partial charge in [-0.25, -0.2) is 9.37 Å². The Morgan fingerprint density at radius 1 is 1.32 bits per heavy atom. The number of carbonyl (C=O) groups is 1. The molecule has 1 amide bonds. The predicted octanol–water partition coefficient (Wildman–Crippen LogP) is 2.61. The maximum absolute atomic E-state index is 13.5. The van der Waals surface area contributed by atoms with E-state index in [-0.39, 0.29) is 11.6 Å². The SMILES string of the molecule is O=C(Nc1ccccc1F)c1cn2c(n1)CCCC2. The monoisotopic (exact) mass is 259 g/mol. The molecule has 0 spiro atoms. The lowest BCUT2D eigenvalue weighted by Crippen LogP contribution is -2.13. The summed E-state index contributed by atoms with van der Waals surface area (Å²) in [6.07, 6.45) is 4.85. The second-order valence-electron chi connectivity index (χ2n) is 4.63. The number of hydrogen-bond donors (Lipinski definition) is 1. The number of nitrogens with one attached hydrogen (secondary N) is 1. The number of para-hydroxylation sites is 1. The van der Waals surface area contributed by atoms with Crippen molar-refractivity contribution in [3.8, 4) is 0 Å². The van der Waals surface area contributed by atoms with Crippen LogP contribution < -0.4 is 5.32 Å². The number of nitrogens with zero attached hydrogens (tertiary/aromatic N) is 2. The summed E-state index contributed by atoms with van der Waals surface area (Å²) >= 11 is 0. The summed E-state index contributed by atoms with van der Waals surface area (Å²) in [7, 11) is 0. The number of hydrogen-bond acceptors (Lipinski definition) is 2. The van der Waals surface area contributed by atoms with Crippen molar-refractivity contribution in [3.63, 3.8) is 0 Å². The number of fused-ring (bicyclic) bond motifs is 1. The highest BCUT2D eigenvalue weighted by molar-refractivity contribution is 6.02. The van der Waals surface area contributed by atoms with Gasteiger partial charge in [0.05, 0.1) is 5.69 Å². The first-order chi connectivity index (χ1) is 9.24. The second kappa shape index (κ2) is 4.84. The van der Waals surface area contributed by atoms with Crippen LogP contribution in [0.25, 0.3) is 0 Å². The Kier molecular flexibility index (Phi) is 3.03. The Bertz CT molecular complexity index is 597. The second-order valence-corrected chi connectivity index (χ2v) is 4.63. The molecule has 0 radical (unpaired) electrons. The Hall–Kier alpha value is -2.17. The first-order valence-corrected chi connectivity index (χ1v) is 6.36. The van der Waals surface area contributed by atoms with E-state index in [0.717, 1.165) is 31.6 Å². The van der Waals surface area contributed by atoms with Crippen molar-refractivity contribution in [1.29, 1.82) is 0 Å². The molecule has 1 aliphatic rings. The van der Waals surface area contributed by atoms with Gasteiger partial charge in [0.25, 0.3) is 5.91 Å². The summed E-state index contributed by atoms with van der Waals surface area (Å²) in [6, 6.07) is 6.11. The van der Waals surface area contributed by atoms with E-state index in [9.17, 15) is 9.18 Å². The van der Waals surface area contributed by atoms with E-state index >= 15 is 0 Å². The van der Waals surface area contributed by atoms with Crippen molar-refractivity contribution >= 4 is 11.6 Å². The first kappa shape index (κ1) is 11.9. The molecule has 19 heavy (non-hydrogen) atoms. The molecule has 1 aromatic carbocycles. The van der Waals surface area contributed by atoms with Gasteiger partial charge in [0, 0.05) is 19.2 Å². The molecule has 0 aliphatic carbocycles. The zero-order valence-electron chi connectivity index (χ0n) is 10.4. The summed E-state index contributed by atoms with van der Waals surface area (Å²) in [4.78, 5) is 16.3. The average molecular weight is 259 g/mol. The maximum Gasteiger partial charge on any atom is 0.275 e. The van der Waals surface area contributed by atoms with Gasteiger partial charge in [0.1, 0.15) is 17.3 Å². The van der Waals surface area contributed by atoms with Gasteiger partial charge >= 0.3 is 0 Å². The largest absolute Gasteiger partial charge is 0.334 e. The molecule has 0 fully saturated rings. The number of imidazole rings is 1. The number of carbonyl (C=O) groups excluding carboxylic acids is 1. The van der Waals surface area contributed by atoms with Crippen molar-refractivity contribution in [2.45, 2.75) is 25.8 Å². The van der Waals surface area contributed by atoms with Gasteiger partial charge in [-0.2, -0.15) is 0 Å². The lowest BCUT2D eigenvalue weighted by atomic mass is 10.2. The Balaban J connectivity index is 1.81. The summed E-state index contributed by atoms with van der Waals surface area (Å²) < 4.78 is 15.5. The van der Waals surface area contributed by atoms with Gasteiger partial charge in [0.2, 0.25) is 0 Å². The highest BCUT2D eigenvalue weighted by atomic mass is 19.1. The number of aromatic nitrogens is 2. The zero-order chi connectivity index (χ0) is 13.2. The van der Waals surface area contributed by atoms with E-state index in [1.165, 1.54) is 12.1 Å². The fourth-order valence-corrected chi connectivity index (χ4v) is 2.27. The van der Waals surface area contributed by atoms with Crippen molar-refractivity contribution in [2.75, 3.05) is 5.32 Å². The minimum atomic E-state index is -0.445. The number of anilines is 1. The quantitative estimate of drug-likeness (QED) is 0.901. The lowest BCUT2D eigenvalue weighted by molar-refractivity contribution is 0.102. The van der Waals surface area contributed by atoms with Gasteiger partial charge in [-0.05, 0) is 25.0 Å². The standard InChI is InChI=1S/C14H14FN3O/c15-10-5-1-2-6-11(10)17-14(19)12-9-18-8-4-3-7-13(18)16-12/h1-2,5-6,9H,3-4,7-8H2,(H,17,19). The van der Waals surface area contributed by atoms with Crippen LogP contribution in [0.4, 0.5) is 10.1 Å². The van der Waals surface area contributed by atoms with E-state index in [0.29, 0.717) is 5.69 Å². The summed E-state index contributed by atoms with van der Waals surface area (Å²) in [5, 5.41) is 2.55. The van der Waals surface area contributed by atoms with Gasteiger partial charge in [-0.1, -0.05) is 12.1 Å². The molecule has 0 unspecified atom stereocenters. The maximum atomic E-state index is 13.5. The number of benzene rings is 1. The Morgan fingerprint density at radius 3 is 2.95 bits per heavy atom. The van der Waals surface area contributed by atoms with Crippen LogP contribution in [0, 0.1) is 5.82 Å². The van der Waals surface area contributed by atoms with Gasteiger partial charge < -0.3 is 9.88 Å². The molecule has 2 heterocycles. The number of rotatable bonds is 2. The number of amides is 1. The van der Waals surface area contributed by atoms with Gasteiger partial charge in [0.15, 0.2) is 0 Å². The number of aryl methyl sites for hydroxylation is 2. The molecular formula is C14H14FN3O. The third kappa shape index (κ3) is 2.36. The molecule has 1 aromatic heterocycles. The van der Waals surface area contributed by atoms with Gasteiger partial charge in [-0.15, -0.1) is 0 Å². The van der Waals surface area contributed by atoms with Crippen molar-refractivity contribution < 1.29 is 9.18 Å². The van der Waals surface area contributed by atoms with Crippen LogP contribution in [-0.4, -0.2) is 15.5 Å². The number of halogens is 1. The topological polar surface area (TPSA) is 46.9 Å². The zero-order valence-corrected chi connectivity index (χ0v) is 10.4. The van der Waals surface area contributed by atoms with E-state index in [1.54, 1.807) is 18.3 Å². The molecular weight excluding hydrogens is 245 g/mol. The summed E-state index contributed by atoms with van der Waals surface area (Å²) in [5.41, 5.74) is 0.527. The van der Waals surface area contributed by atoms with Crippen LogP contribution in [0.5, 0.6) is 0 Å². The van der Waals surface area contributed by atoms with E-state index < -0.39 is 5.82 Å². The Labute approximate surface area is 110 Å². The van der Waals surface area contributed by atoms with E-state index in [4.69, 9.17) is 0 Å². The highest BCUT2D eigenvalue weighted by Crippen LogP contribution is 2.17. The molecule has 3 rings (SSSR count). The minimum absolute atomic E-state index is 0.179. The van der Waals surface area contributed by atoms with Crippen LogP contribution in [0.1, 0.15) is 29.2 Å². The Morgan fingerprint density at radius 2 is 2.16 bits per heavy atom. The fourth-order valence-electron chi connectivity index (χ4n) is 2.27. The molecule has 5 heteroatoms. The van der Waals surface area contributed by atoms with Crippen LogP contribution >= 0.6 is 0 Å².